The van der Waals surface area contributed by atoms with Gasteiger partial charge in [0.1, 0.15) is 21.9 Å². The second-order valence-electron chi connectivity index (χ2n) is 5.55. The van der Waals surface area contributed by atoms with Crippen molar-refractivity contribution in [3.05, 3.63) is 0 Å². The standard InChI is InChI=1S/C12H20N2O4S/c1-8(7-19(3,17)18)14-9(2)11(15)13-6-4-5-10(13)12(14)16/h8-10H,4-7H2,1-3H3. The zero-order valence-electron chi connectivity index (χ0n) is 11.5. The van der Waals surface area contributed by atoms with Crippen molar-refractivity contribution >= 4 is 21.7 Å². The maximum Gasteiger partial charge on any atom is 0.246 e. The van der Waals surface area contributed by atoms with Gasteiger partial charge < -0.3 is 9.80 Å². The molecule has 2 amide bonds. The predicted octanol–water partition coefficient (Wildman–Crippen LogP) is -0.359. The van der Waals surface area contributed by atoms with E-state index in [1.165, 1.54) is 4.90 Å². The molecule has 0 radical (unpaired) electrons. The quantitative estimate of drug-likeness (QED) is 0.711. The van der Waals surface area contributed by atoms with Crippen molar-refractivity contribution in [2.45, 2.75) is 44.8 Å². The molecule has 2 fully saturated rings. The molecule has 6 nitrogen and oxygen atoms in total. The first-order valence-electron chi connectivity index (χ1n) is 6.53. The molecule has 0 aromatic heterocycles. The van der Waals surface area contributed by atoms with Gasteiger partial charge in [0.15, 0.2) is 0 Å². The minimum absolute atomic E-state index is 0.0672. The molecule has 2 aliphatic heterocycles. The molecule has 2 saturated heterocycles. The van der Waals surface area contributed by atoms with Crippen molar-refractivity contribution in [1.29, 1.82) is 0 Å². The smallest absolute Gasteiger partial charge is 0.246 e. The van der Waals surface area contributed by atoms with Crippen molar-refractivity contribution in [1.82, 2.24) is 9.80 Å². The van der Waals surface area contributed by atoms with Gasteiger partial charge in [0.05, 0.1) is 5.75 Å². The number of sulfone groups is 1. The number of carbonyl (C=O) groups is 2. The van der Waals surface area contributed by atoms with E-state index in [1.54, 1.807) is 18.7 Å². The lowest BCUT2D eigenvalue weighted by molar-refractivity contribution is -0.160. The number of rotatable bonds is 3. The molecule has 0 bridgehead atoms. The van der Waals surface area contributed by atoms with Gasteiger partial charge in [-0.3, -0.25) is 9.59 Å². The van der Waals surface area contributed by atoms with E-state index < -0.39 is 21.9 Å². The summed E-state index contributed by atoms with van der Waals surface area (Å²) in [4.78, 5) is 27.7. The van der Waals surface area contributed by atoms with Crippen LogP contribution in [0.2, 0.25) is 0 Å². The van der Waals surface area contributed by atoms with Gasteiger partial charge in [-0.25, -0.2) is 8.42 Å². The van der Waals surface area contributed by atoms with E-state index in [-0.39, 0.29) is 23.6 Å². The number of carbonyl (C=O) groups excluding carboxylic acids is 2. The average molecular weight is 288 g/mol. The van der Waals surface area contributed by atoms with Crippen LogP contribution in [0.15, 0.2) is 0 Å². The van der Waals surface area contributed by atoms with Crippen molar-refractivity contribution < 1.29 is 18.0 Å². The lowest BCUT2D eigenvalue weighted by Gasteiger charge is -2.43. The van der Waals surface area contributed by atoms with E-state index in [4.69, 9.17) is 0 Å². The lowest BCUT2D eigenvalue weighted by atomic mass is 10.0. The minimum Gasteiger partial charge on any atom is -0.329 e. The molecule has 0 spiro atoms. The van der Waals surface area contributed by atoms with Gasteiger partial charge in [0.2, 0.25) is 11.8 Å². The first-order valence-corrected chi connectivity index (χ1v) is 8.59. The Morgan fingerprint density at radius 2 is 1.95 bits per heavy atom. The Kier molecular flexibility index (Phi) is 3.59. The fourth-order valence-electron chi connectivity index (χ4n) is 3.13. The van der Waals surface area contributed by atoms with E-state index in [1.807, 2.05) is 0 Å². The number of piperazine rings is 1. The highest BCUT2D eigenvalue weighted by Gasteiger charge is 2.47. The molecule has 0 aromatic rings. The van der Waals surface area contributed by atoms with Gasteiger partial charge in [-0.2, -0.15) is 0 Å². The van der Waals surface area contributed by atoms with Crippen molar-refractivity contribution in [3.63, 3.8) is 0 Å². The Bertz CT molecular complexity index is 502. The van der Waals surface area contributed by atoms with Crippen LogP contribution in [0.25, 0.3) is 0 Å². The third kappa shape index (κ3) is 2.61. The number of hydrogen-bond donors (Lipinski definition) is 0. The summed E-state index contributed by atoms with van der Waals surface area (Å²) in [5.74, 6) is -0.286. The largest absolute Gasteiger partial charge is 0.329 e. The molecule has 0 N–H and O–H groups in total. The molecule has 19 heavy (non-hydrogen) atoms. The predicted molar refractivity (Wildman–Crippen MR) is 70.2 cm³/mol. The van der Waals surface area contributed by atoms with E-state index in [2.05, 4.69) is 0 Å². The molecular formula is C12H20N2O4S. The van der Waals surface area contributed by atoms with Crippen LogP contribution >= 0.6 is 0 Å². The topological polar surface area (TPSA) is 74.8 Å². The number of nitrogens with zero attached hydrogens (tertiary/aromatic N) is 2. The second-order valence-corrected chi connectivity index (χ2v) is 7.74. The normalized spacial score (nSPS) is 29.6. The van der Waals surface area contributed by atoms with E-state index in [0.717, 1.165) is 12.7 Å². The summed E-state index contributed by atoms with van der Waals surface area (Å²) in [6, 6.07) is -1.42. The summed E-state index contributed by atoms with van der Waals surface area (Å²) in [7, 11) is -3.18. The maximum absolute atomic E-state index is 12.4. The monoisotopic (exact) mass is 288 g/mol. The average Bonchev–Trinajstić information content (AvgIpc) is 2.72. The zero-order valence-corrected chi connectivity index (χ0v) is 12.3. The van der Waals surface area contributed by atoms with Crippen LogP contribution < -0.4 is 0 Å². The van der Waals surface area contributed by atoms with Crippen LogP contribution in [0, 0.1) is 0 Å². The molecule has 2 rings (SSSR count). The van der Waals surface area contributed by atoms with Crippen LogP contribution in [-0.4, -0.2) is 66.7 Å². The molecule has 0 aliphatic carbocycles. The number of hydrogen-bond acceptors (Lipinski definition) is 4. The van der Waals surface area contributed by atoms with E-state index in [9.17, 15) is 18.0 Å². The fraction of sp³-hybridized carbons (Fsp3) is 0.833. The van der Waals surface area contributed by atoms with Crippen molar-refractivity contribution in [2.75, 3.05) is 18.6 Å². The first-order chi connectivity index (χ1) is 8.72. The van der Waals surface area contributed by atoms with Gasteiger partial charge in [-0.05, 0) is 26.7 Å². The maximum atomic E-state index is 12.4. The third-order valence-electron chi connectivity index (χ3n) is 3.87. The van der Waals surface area contributed by atoms with Gasteiger partial charge in [0.25, 0.3) is 0 Å². The Morgan fingerprint density at radius 1 is 1.32 bits per heavy atom. The Balaban J connectivity index is 2.24. The Labute approximate surface area is 113 Å². The fourth-order valence-corrected chi connectivity index (χ4v) is 4.16. The SMILES string of the molecule is CC(CS(C)(=O)=O)N1C(=O)C2CCCN2C(=O)C1C. The highest BCUT2D eigenvalue weighted by atomic mass is 32.2. The van der Waals surface area contributed by atoms with Gasteiger partial charge in [-0.1, -0.05) is 0 Å². The summed E-state index contributed by atoms with van der Waals surface area (Å²) < 4.78 is 22.7. The van der Waals surface area contributed by atoms with Crippen molar-refractivity contribution in [3.8, 4) is 0 Å². The Morgan fingerprint density at radius 3 is 2.53 bits per heavy atom. The molecule has 108 valence electrons. The molecule has 0 aromatic carbocycles. The van der Waals surface area contributed by atoms with E-state index >= 15 is 0 Å². The van der Waals surface area contributed by atoms with Crippen LogP contribution in [-0.2, 0) is 19.4 Å². The van der Waals surface area contributed by atoms with E-state index in [0.29, 0.717) is 13.0 Å². The molecule has 3 atom stereocenters. The summed E-state index contributed by atoms with van der Waals surface area (Å²) in [6.45, 7) is 3.99. The molecular weight excluding hydrogens is 268 g/mol. The van der Waals surface area contributed by atoms with Crippen LogP contribution in [0.1, 0.15) is 26.7 Å². The molecule has 0 saturated carbocycles. The minimum atomic E-state index is -3.18. The summed E-state index contributed by atoms with van der Waals surface area (Å²) in [5, 5.41) is 0. The number of amides is 2. The molecule has 3 unspecified atom stereocenters. The van der Waals surface area contributed by atoms with Crippen LogP contribution in [0.5, 0.6) is 0 Å². The van der Waals surface area contributed by atoms with Crippen molar-refractivity contribution in [2.24, 2.45) is 0 Å². The zero-order chi connectivity index (χ0) is 14.4. The molecule has 7 heteroatoms. The second kappa shape index (κ2) is 4.77. The van der Waals surface area contributed by atoms with Gasteiger partial charge >= 0.3 is 0 Å². The first kappa shape index (κ1) is 14.3. The summed E-state index contributed by atoms with van der Waals surface area (Å²) in [5.41, 5.74) is 0. The van der Waals surface area contributed by atoms with Gasteiger partial charge in [0, 0.05) is 18.8 Å². The highest BCUT2D eigenvalue weighted by Crippen LogP contribution is 2.28. The Hall–Kier alpha value is -1.11. The molecule has 2 aliphatic rings. The summed E-state index contributed by atoms with van der Waals surface area (Å²) in [6.07, 6.45) is 2.66. The van der Waals surface area contributed by atoms with Gasteiger partial charge in [-0.15, -0.1) is 0 Å². The third-order valence-corrected chi connectivity index (χ3v) is 4.96. The molecule has 2 heterocycles. The van der Waals surface area contributed by atoms with Crippen LogP contribution in [0.3, 0.4) is 0 Å². The highest BCUT2D eigenvalue weighted by molar-refractivity contribution is 7.90. The number of fused-ring (bicyclic) bond motifs is 1. The lowest BCUT2D eigenvalue weighted by Crippen LogP contribution is -2.64. The summed E-state index contributed by atoms with van der Waals surface area (Å²) >= 11 is 0. The van der Waals surface area contributed by atoms with Crippen LogP contribution in [0.4, 0.5) is 0 Å².